The number of phenolic OH excluding ortho intramolecular Hbond substituents is 1. The first kappa shape index (κ1) is 68.4. The fourth-order valence-corrected chi connectivity index (χ4v) is 13.0. The third-order valence-electron chi connectivity index (χ3n) is 17.9. The molecule has 492 valence electrons. The van der Waals surface area contributed by atoms with Gasteiger partial charge in [0.2, 0.25) is 5.28 Å². The van der Waals surface area contributed by atoms with E-state index >= 15 is 0 Å². The van der Waals surface area contributed by atoms with Gasteiger partial charge in [-0.1, -0.05) is 221 Å². The van der Waals surface area contributed by atoms with E-state index in [-0.39, 0.29) is 11.0 Å². The van der Waals surface area contributed by atoms with Gasteiger partial charge in [-0.3, -0.25) is 0 Å². The molecule has 1 aliphatic rings. The second-order valence-electron chi connectivity index (χ2n) is 26.2. The lowest BCUT2D eigenvalue weighted by Crippen LogP contribution is -2.08. The molecular weight excluding hydrogens is 1250 g/mol. The van der Waals surface area contributed by atoms with Crippen molar-refractivity contribution in [2.24, 2.45) is 0 Å². The maximum atomic E-state index is 10.9. The summed E-state index contributed by atoms with van der Waals surface area (Å²) in [5.74, 6) is 5.11. The topological polar surface area (TPSA) is 136 Å². The summed E-state index contributed by atoms with van der Waals surface area (Å²) in [5, 5.41) is 15.6. The van der Waals surface area contributed by atoms with Crippen molar-refractivity contribution >= 4 is 38.7 Å². The lowest BCUT2D eigenvalue weighted by molar-refractivity contribution is 0.477. The molecule has 0 amide bonds. The van der Waals surface area contributed by atoms with E-state index in [4.69, 9.17) is 41.5 Å². The Morgan fingerprint density at radius 1 is 0.280 bits per heavy atom. The molecule has 0 aliphatic heterocycles. The summed E-state index contributed by atoms with van der Waals surface area (Å²) in [6.45, 7) is 29.2. The van der Waals surface area contributed by atoms with Crippen LogP contribution in [0, 0.1) is 96.1 Å². The Hall–Kier alpha value is -11.6. The van der Waals surface area contributed by atoms with Crippen molar-refractivity contribution in [3.63, 3.8) is 0 Å². The minimum absolute atomic E-state index is 0.151. The average molecular weight is 1330 g/mol. The van der Waals surface area contributed by atoms with Crippen LogP contribution < -0.4 is 0 Å². The zero-order valence-corrected chi connectivity index (χ0v) is 59.9. The van der Waals surface area contributed by atoms with Crippen molar-refractivity contribution in [3.05, 3.63) is 325 Å². The van der Waals surface area contributed by atoms with Crippen LogP contribution in [-0.2, 0) is 0 Å². The van der Waals surface area contributed by atoms with E-state index in [1.54, 1.807) is 6.07 Å². The molecule has 11 aromatic carbocycles. The third kappa shape index (κ3) is 15.4. The van der Waals surface area contributed by atoms with Gasteiger partial charge in [0, 0.05) is 51.1 Å². The zero-order valence-electron chi connectivity index (χ0n) is 59.1. The number of phenols is 1. The molecule has 0 saturated heterocycles. The van der Waals surface area contributed by atoms with Crippen LogP contribution in [0.5, 0.6) is 5.75 Å². The standard InChI is InChI=1S/C30H26N3.C29H25N3O.C19H18ClN3.C11H10/c1-18-10-14-24(21(4)16-18)28-31-29(25-15-11-19(2)17-22(25)5)33-30(32-28)27-20(3)12-13-23-8-6-7-9-26(23)27;1-17-9-12-22(19(3)15-17)27-30-28(23-13-10-18(2)16-20(23)4)32-29(31-27)26-24-8-6-5-7-21(24)11-14-25(26)33;1-11-5-7-15(13(3)9-11)17-21-18(23-19(20)22-17)16-8-6-12(2)10-14(16)4;1-9-6-7-10-4-2-3-5-11(10)8-9/h6-12,14-17H,1-5H3;5-16,33H,1-4H3;5-10H,1-4H3;2-8H,1H3/q+1;;;. The van der Waals surface area contributed by atoms with Crippen molar-refractivity contribution in [3.8, 4) is 85.5 Å². The molecule has 0 saturated carbocycles. The molecule has 0 spiro atoms. The number of allylic oxidation sites excluding steroid dienone is 2. The monoisotopic (exact) mass is 1320 g/mol. The molecule has 100 heavy (non-hydrogen) atoms. The maximum Gasteiger partial charge on any atom is 0.226 e. The highest BCUT2D eigenvalue weighted by Crippen LogP contribution is 2.39. The quantitative estimate of drug-likeness (QED) is 0.146. The van der Waals surface area contributed by atoms with Gasteiger partial charge in [-0.05, 0) is 188 Å². The molecule has 11 heteroatoms. The van der Waals surface area contributed by atoms with Gasteiger partial charge in [-0.25, -0.2) is 34.9 Å². The number of fused-ring (bicyclic) bond motifs is 3. The summed E-state index contributed by atoms with van der Waals surface area (Å²) in [6.07, 6.45) is 5.40. The first-order valence-electron chi connectivity index (χ1n) is 33.6. The first-order valence-corrected chi connectivity index (χ1v) is 34.0. The highest BCUT2D eigenvalue weighted by molar-refractivity contribution is 6.28. The maximum absolute atomic E-state index is 10.9. The van der Waals surface area contributed by atoms with Gasteiger partial charge >= 0.3 is 0 Å². The van der Waals surface area contributed by atoms with Gasteiger partial charge in [0.1, 0.15) is 11.3 Å². The molecule has 0 atom stereocenters. The van der Waals surface area contributed by atoms with Crippen LogP contribution in [0.4, 0.5) is 0 Å². The Kier molecular flexibility index (Phi) is 20.3. The Morgan fingerprint density at radius 2 is 0.600 bits per heavy atom. The van der Waals surface area contributed by atoms with Crippen LogP contribution in [0.2, 0.25) is 5.28 Å². The van der Waals surface area contributed by atoms with E-state index in [0.717, 1.165) is 99.8 Å². The smallest absolute Gasteiger partial charge is 0.226 e. The lowest BCUT2D eigenvalue weighted by Gasteiger charge is -2.14. The summed E-state index contributed by atoms with van der Waals surface area (Å²) in [5.41, 5.74) is 26.1. The van der Waals surface area contributed by atoms with E-state index in [1.807, 2.05) is 54.6 Å². The molecule has 10 nitrogen and oxygen atoms in total. The van der Waals surface area contributed by atoms with E-state index in [2.05, 4.69) is 276 Å². The Labute approximate surface area is 592 Å². The SMILES string of the molecule is CC1=C(c2nc(-c3ccc(C)cc3C)nc(-c3ccc(C)cc3C)n2)c2ccccc2[C+]=C1.Cc1ccc(-c2nc(-c3ccc(C)cc3C)nc(-c3c(O)ccc4ccccc34)n2)c(C)c1.Cc1ccc(-c2nc(Cl)nc(-c3ccc(C)cc3C)n2)c(C)c1.Cc1ccc2ccccc2c1. The van der Waals surface area contributed by atoms with Gasteiger partial charge < -0.3 is 5.11 Å². The zero-order chi connectivity index (χ0) is 70.5. The molecular formula is C89H79ClN9O+. The van der Waals surface area contributed by atoms with Crippen molar-refractivity contribution in [1.29, 1.82) is 0 Å². The minimum atomic E-state index is 0.151. The van der Waals surface area contributed by atoms with E-state index in [1.165, 1.54) is 49.7 Å². The van der Waals surface area contributed by atoms with E-state index < -0.39 is 0 Å². The normalized spacial score (nSPS) is 11.4. The Balaban J connectivity index is 0.000000134. The number of rotatable bonds is 8. The predicted molar refractivity (Wildman–Crippen MR) is 412 cm³/mol. The highest BCUT2D eigenvalue weighted by atomic mass is 35.5. The molecule has 1 aliphatic carbocycles. The summed E-state index contributed by atoms with van der Waals surface area (Å²) in [6, 6.07) is 72.5. The fraction of sp³-hybridized carbons (Fsp3) is 0.157. The molecule has 0 fully saturated rings. The van der Waals surface area contributed by atoms with Gasteiger partial charge in [-0.15, -0.1) is 0 Å². The number of halogens is 1. The molecule has 14 aromatic rings. The number of hydrogen-bond acceptors (Lipinski definition) is 10. The highest BCUT2D eigenvalue weighted by Gasteiger charge is 2.27. The molecule has 0 radical (unpaired) electrons. The van der Waals surface area contributed by atoms with Gasteiger partial charge in [-0.2, -0.15) is 9.97 Å². The van der Waals surface area contributed by atoms with Crippen LogP contribution in [0.25, 0.3) is 107 Å². The van der Waals surface area contributed by atoms with Crippen molar-refractivity contribution in [1.82, 2.24) is 44.9 Å². The number of aromatic nitrogens is 9. The second kappa shape index (κ2) is 29.7. The Bertz CT molecular complexity index is 5330. The summed E-state index contributed by atoms with van der Waals surface area (Å²) < 4.78 is 0. The summed E-state index contributed by atoms with van der Waals surface area (Å²) in [7, 11) is 0. The van der Waals surface area contributed by atoms with E-state index in [0.29, 0.717) is 52.2 Å². The van der Waals surface area contributed by atoms with Gasteiger partial charge in [0.25, 0.3) is 0 Å². The summed E-state index contributed by atoms with van der Waals surface area (Å²) >= 11 is 6.15. The number of nitrogens with zero attached hydrogens (tertiary/aromatic N) is 9. The molecule has 1 N–H and O–H groups in total. The van der Waals surface area contributed by atoms with E-state index in [9.17, 15) is 5.11 Å². The van der Waals surface area contributed by atoms with Crippen molar-refractivity contribution in [2.75, 3.05) is 0 Å². The largest absolute Gasteiger partial charge is 0.507 e. The molecule has 15 rings (SSSR count). The van der Waals surface area contributed by atoms with Crippen LogP contribution in [-0.4, -0.2) is 50.0 Å². The minimum Gasteiger partial charge on any atom is -0.507 e. The lowest BCUT2D eigenvalue weighted by atomic mass is 9.90. The first-order chi connectivity index (χ1) is 48.1. The third-order valence-corrected chi connectivity index (χ3v) is 18.1. The second-order valence-corrected chi connectivity index (χ2v) is 26.5. The predicted octanol–water partition coefficient (Wildman–Crippen LogP) is 22.2. The van der Waals surface area contributed by atoms with Crippen LogP contribution >= 0.6 is 11.6 Å². The number of aryl methyl sites for hydroxylation is 13. The molecule has 0 unspecified atom stereocenters. The fourth-order valence-electron chi connectivity index (χ4n) is 12.8. The van der Waals surface area contributed by atoms with Crippen molar-refractivity contribution in [2.45, 2.75) is 96.9 Å². The van der Waals surface area contributed by atoms with Gasteiger partial charge in [0.05, 0.1) is 17.2 Å². The van der Waals surface area contributed by atoms with Crippen molar-refractivity contribution < 1.29 is 5.11 Å². The van der Waals surface area contributed by atoms with Gasteiger partial charge in [0.15, 0.2) is 52.2 Å². The average Bonchev–Trinajstić information content (AvgIpc) is 0.771. The number of benzene rings is 11. The summed E-state index contributed by atoms with van der Waals surface area (Å²) in [4.78, 5) is 42.9. The van der Waals surface area contributed by atoms with Crippen LogP contribution in [0.3, 0.4) is 0 Å². The molecule has 0 bridgehead atoms. The number of hydrogen-bond donors (Lipinski definition) is 1. The Morgan fingerprint density at radius 3 is 1.02 bits per heavy atom. The molecule has 3 aromatic heterocycles. The molecule has 3 heterocycles. The van der Waals surface area contributed by atoms with Crippen LogP contribution in [0.15, 0.2) is 224 Å². The number of aromatic hydroxyl groups is 1. The van der Waals surface area contributed by atoms with Crippen LogP contribution in [0.1, 0.15) is 96.2 Å².